The molecule has 0 spiro atoms. The van der Waals surface area contributed by atoms with Crippen LogP contribution in [0.25, 0.3) is 11.5 Å². The maximum absolute atomic E-state index is 12.3. The minimum Gasteiger partial charge on any atom is -0.441 e. The maximum Gasteiger partial charge on any atom is 0.452 e. The second-order valence-electron chi connectivity index (χ2n) is 3.29. The number of furan rings is 1. The standard InChI is InChI=1S/C8H5F3N2O5S/c9-8(10,11)6-3-4(12-18-6)5-1-2-7(17-5)19(15,16)13-14/h1-3,13-14H. The van der Waals surface area contributed by atoms with Gasteiger partial charge in [0.2, 0.25) is 10.9 Å². The summed E-state index contributed by atoms with van der Waals surface area (Å²) in [5.74, 6) is -1.60. The molecule has 0 radical (unpaired) electrons. The van der Waals surface area contributed by atoms with E-state index in [1.807, 2.05) is 0 Å². The molecule has 0 saturated carbocycles. The zero-order valence-electron chi connectivity index (χ0n) is 8.80. The van der Waals surface area contributed by atoms with Crippen LogP contribution >= 0.6 is 0 Å². The number of hydrogen-bond donors (Lipinski definition) is 2. The van der Waals surface area contributed by atoms with Gasteiger partial charge in [-0.3, -0.25) is 0 Å². The highest BCUT2D eigenvalue weighted by Crippen LogP contribution is 2.32. The van der Waals surface area contributed by atoms with E-state index >= 15 is 0 Å². The molecule has 0 unspecified atom stereocenters. The molecule has 0 saturated heterocycles. The molecule has 0 aromatic carbocycles. The third kappa shape index (κ3) is 2.62. The topological polar surface area (TPSA) is 106 Å². The van der Waals surface area contributed by atoms with E-state index in [0.717, 1.165) is 17.0 Å². The summed E-state index contributed by atoms with van der Waals surface area (Å²) >= 11 is 0. The summed E-state index contributed by atoms with van der Waals surface area (Å²) < 4.78 is 67.9. The number of nitrogens with zero attached hydrogens (tertiary/aromatic N) is 1. The molecule has 7 nitrogen and oxygen atoms in total. The number of hydrogen-bond acceptors (Lipinski definition) is 6. The lowest BCUT2D eigenvalue weighted by molar-refractivity contribution is -0.155. The van der Waals surface area contributed by atoms with Crippen LogP contribution in [0.2, 0.25) is 0 Å². The molecule has 2 aromatic rings. The second kappa shape index (κ2) is 4.36. The normalized spacial score (nSPS) is 12.8. The van der Waals surface area contributed by atoms with Gasteiger partial charge in [0, 0.05) is 6.07 Å². The van der Waals surface area contributed by atoms with Crippen LogP contribution in [0.1, 0.15) is 5.76 Å². The molecule has 0 fully saturated rings. The summed E-state index contributed by atoms with van der Waals surface area (Å²) in [7, 11) is -4.25. The Labute approximate surface area is 103 Å². The average molecular weight is 298 g/mol. The number of aromatic nitrogens is 1. The Balaban J connectivity index is 2.37. The predicted molar refractivity (Wildman–Crippen MR) is 51.3 cm³/mol. The maximum atomic E-state index is 12.3. The molecule has 0 aliphatic heterocycles. The summed E-state index contributed by atoms with van der Waals surface area (Å²) in [6.07, 6.45) is -4.71. The van der Waals surface area contributed by atoms with Crippen molar-refractivity contribution < 1.29 is 35.7 Å². The first kappa shape index (κ1) is 13.6. The molecule has 2 rings (SSSR count). The molecular weight excluding hydrogens is 293 g/mol. The minimum absolute atomic E-state index is 0.256. The Hall–Kier alpha value is -1.85. The average Bonchev–Trinajstić information content (AvgIpc) is 2.96. The van der Waals surface area contributed by atoms with Crippen molar-refractivity contribution in [2.45, 2.75) is 11.3 Å². The van der Waals surface area contributed by atoms with Gasteiger partial charge in [0.15, 0.2) is 5.76 Å². The molecule has 19 heavy (non-hydrogen) atoms. The van der Waals surface area contributed by atoms with Gasteiger partial charge in [-0.25, -0.2) is 8.42 Å². The van der Waals surface area contributed by atoms with Crippen molar-refractivity contribution in [3.05, 3.63) is 24.0 Å². The highest BCUT2D eigenvalue weighted by atomic mass is 32.2. The Morgan fingerprint density at radius 3 is 2.53 bits per heavy atom. The van der Waals surface area contributed by atoms with Crippen molar-refractivity contribution in [3.8, 4) is 11.5 Å². The number of nitrogens with one attached hydrogen (secondary N) is 1. The van der Waals surface area contributed by atoms with Crippen LogP contribution in [0, 0.1) is 0 Å². The summed E-state index contributed by atoms with van der Waals surface area (Å²) in [5, 5.41) is 10.8. The van der Waals surface area contributed by atoms with Crippen LogP contribution in [0.4, 0.5) is 13.2 Å². The van der Waals surface area contributed by atoms with Crippen molar-refractivity contribution in [3.63, 3.8) is 0 Å². The highest BCUT2D eigenvalue weighted by Gasteiger charge is 2.36. The molecule has 0 bridgehead atoms. The fourth-order valence-corrected chi connectivity index (χ4v) is 1.71. The van der Waals surface area contributed by atoms with Crippen LogP contribution < -0.4 is 4.89 Å². The monoisotopic (exact) mass is 298 g/mol. The molecule has 2 heterocycles. The van der Waals surface area contributed by atoms with Crippen molar-refractivity contribution in [2.75, 3.05) is 0 Å². The third-order valence-corrected chi connectivity index (χ3v) is 3.00. The molecule has 2 aromatic heterocycles. The fraction of sp³-hybridized carbons (Fsp3) is 0.125. The lowest BCUT2D eigenvalue weighted by Crippen LogP contribution is -2.18. The second-order valence-corrected chi connectivity index (χ2v) is 4.88. The quantitative estimate of drug-likeness (QED) is 0.834. The van der Waals surface area contributed by atoms with Crippen LogP contribution in [0.3, 0.4) is 0 Å². The van der Waals surface area contributed by atoms with E-state index in [-0.39, 0.29) is 11.5 Å². The number of halogens is 3. The van der Waals surface area contributed by atoms with Gasteiger partial charge in [0.05, 0.1) is 0 Å². The van der Waals surface area contributed by atoms with E-state index in [4.69, 9.17) is 9.62 Å². The van der Waals surface area contributed by atoms with Gasteiger partial charge in [0.1, 0.15) is 5.69 Å². The molecule has 0 aliphatic rings. The van der Waals surface area contributed by atoms with Crippen molar-refractivity contribution in [2.24, 2.45) is 0 Å². The number of alkyl halides is 3. The van der Waals surface area contributed by atoms with Crippen LogP contribution in [0.15, 0.2) is 32.2 Å². The molecular formula is C8H5F3N2O5S. The lowest BCUT2D eigenvalue weighted by atomic mass is 10.3. The van der Waals surface area contributed by atoms with Crippen molar-refractivity contribution >= 4 is 10.0 Å². The molecule has 0 atom stereocenters. The SMILES string of the molecule is O=S(=O)(NO)c1ccc(-c2cc(C(F)(F)F)on2)o1. The van der Waals surface area contributed by atoms with E-state index in [2.05, 4.69) is 9.68 Å². The number of rotatable bonds is 3. The van der Waals surface area contributed by atoms with Gasteiger partial charge in [-0.1, -0.05) is 10.0 Å². The van der Waals surface area contributed by atoms with Gasteiger partial charge in [0.25, 0.3) is 10.0 Å². The van der Waals surface area contributed by atoms with Gasteiger partial charge in [-0.2, -0.15) is 13.2 Å². The predicted octanol–water partition coefficient (Wildman–Crippen LogP) is 1.62. The van der Waals surface area contributed by atoms with Crippen molar-refractivity contribution in [1.29, 1.82) is 0 Å². The van der Waals surface area contributed by atoms with Crippen LogP contribution in [0.5, 0.6) is 0 Å². The first-order chi connectivity index (χ1) is 8.74. The highest BCUT2D eigenvalue weighted by molar-refractivity contribution is 7.89. The van der Waals surface area contributed by atoms with Gasteiger partial charge in [-0.05, 0) is 12.1 Å². The van der Waals surface area contributed by atoms with Crippen molar-refractivity contribution in [1.82, 2.24) is 10.0 Å². The Bertz CT molecular complexity index is 687. The smallest absolute Gasteiger partial charge is 0.441 e. The van der Waals surface area contributed by atoms with E-state index in [0.29, 0.717) is 6.07 Å². The van der Waals surface area contributed by atoms with E-state index in [1.165, 1.54) is 0 Å². The summed E-state index contributed by atoms with van der Waals surface area (Å²) in [6, 6.07) is 2.57. The Morgan fingerprint density at radius 1 is 1.32 bits per heavy atom. The summed E-state index contributed by atoms with van der Waals surface area (Å²) in [5.41, 5.74) is -0.327. The third-order valence-electron chi connectivity index (χ3n) is 2.01. The zero-order valence-corrected chi connectivity index (χ0v) is 9.62. The zero-order chi connectivity index (χ0) is 14.3. The molecule has 11 heteroatoms. The minimum atomic E-state index is -4.71. The van der Waals surface area contributed by atoms with Gasteiger partial charge in [-0.15, -0.1) is 0 Å². The lowest BCUT2D eigenvalue weighted by Gasteiger charge is -1.97. The van der Waals surface area contributed by atoms with Crippen LogP contribution in [-0.2, 0) is 16.2 Å². The first-order valence-corrected chi connectivity index (χ1v) is 6.02. The summed E-state index contributed by atoms with van der Waals surface area (Å²) in [4.78, 5) is 1.01. The van der Waals surface area contributed by atoms with Crippen LogP contribution in [-0.4, -0.2) is 18.8 Å². The first-order valence-electron chi connectivity index (χ1n) is 4.54. The molecule has 104 valence electrons. The van der Waals surface area contributed by atoms with E-state index < -0.39 is 27.1 Å². The summed E-state index contributed by atoms with van der Waals surface area (Å²) in [6.45, 7) is 0. The largest absolute Gasteiger partial charge is 0.452 e. The molecule has 0 aliphatic carbocycles. The molecule has 0 amide bonds. The van der Waals surface area contributed by atoms with Gasteiger partial charge >= 0.3 is 6.18 Å². The van der Waals surface area contributed by atoms with E-state index in [1.54, 1.807) is 0 Å². The van der Waals surface area contributed by atoms with E-state index in [9.17, 15) is 21.6 Å². The Morgan fingerprint density at radius 2 is 2.00 bits per heavy atom. The van der Waals surface area contributed by atoms with Gasteiger partial charge < -0.3 is 14.1 Å². The molecule has 2 N–H and O–H groups in total. The number of sulfonamides is 1. The Kier molecular flexibility index (Phi) is 3.12. The fourth-order valence-electron chi connectivity index (χ4n) is 1.17.